The van der Waals surface area contributed by atoms with Gasteiger partial charge in [-0.2, -0.15) is 0 Å². The van der Waals surface area contributed by atoms with Gasteiger partial charge >= 0.3 is 0 Å². The van der Waals surface area contributed by atoms with Crippen molar-refractivity contribution in [1.82, 2.24) is 10.3 Å². The number of nitrogens with zero attached hydrogens (tertiary/aromatic N) is 1. The average molecular weight is 320 g/mol. The van der Waals surface area contributed by atoms with E-state index in [1.807, 2.05) is 0 Å². The van der Waals surface area contributed by atoms with Gasteiger partial charge in [0, 0.05) is 24.4 Å². The van der Waals surface area contributed by atoms with E-state index in [1.165, 1.54) is 26.4 Å². The van der Waals surface area contributed by atoms with Crippen LogP contribution in [0, 0.1) is 0 Å². The molecule has 0 atom stereocenters. The molecule has 0 bridgehead atoms. The van der Waals surface area contributed by atoms with Gasteiger partial charge in [0.05, 0.1) is 12.8 Å². The van der Waals surface area contributed by atoms with Crippen LogP contribution in [0.5, 0.6) is 5.75 Å². The summed E-state index contributed by atoms with van der Waals surface area (Å²) in [5, 5.41) is 5.46. The largest absolute Gasteiger partial charge is 0.495 e. The lowest BCUT2D eigenvalue weighted by Gasteiger charge is -2.11. The third kappa shape index (κ3) is 3.53. The van der Waals surface area contributed by atoms with Crippen LogP contribution < -0.4 is 15.4 Å². The van der Waals surface area contributed by atoms with Gasteiger partial charge in [-0.3, -0.25) is 9.59 Å². The lowest BCUT2D eigenvalue weighted by atomic mass is 10.1. The number of amides is 2. The Hall–Kier alpha value is -2.60. The number of hydrogen-bond donors (Lipinski definition) is 2. The first-order valence-electron chi connectivity index (χ1n) is 6.38. The predicted molar refractivity (Wildman–Crippen MR) is 83.6 cm³/mol. The second kappa shape index (κ2) is 6.91. The average Bonchev–Trinajstić information content (AvgIpc) is 2.54. The number of nitrogens with one attached hydrogen (secondary N) is 2. The molecule has 22 heavy (non-hydrogen) atoms. The molecule has 0 spiro atoms. The van der Waals surface area contributed by atoms with Crippen LogP contribution in [0.25, 0.3) is 0 Å². The summed E-state index contributed by atoms with van der Waals surface area (Å²) in [6.45, 7) is 0. The molecular formula is C15H14ClN3O3. The molecule has 1 aromatic heterocycles. The SMILES string of the molecule is CNC(=O)c1ccc(NC(=O)c2ccnc(Cl)c2)c(OC)c1. The fraction of sp³-hybridized carbons (Fsp3) is 0.133. The molecular weight excluding hydrogens is 306 g/mol. The lowest BCUT2D eigenvalue weighted by molar-refractivity contribution is 0.0962. The van der Waals surface area contributed by atoms with Crippen molar-refractivity contribution in [3.05, 3.63) is 52.8 Å². The minimum absolute atomic E-state index is 0.231. The van der Waals surface area contributed by atoms with Crippen LogP contribution >= 0.6 is 11.6 Å². The molecule has 0 unspecified atom stereocenters. The number of halogens is 1. The topological polar surface area (TPSA) is 80.3 Å². The van der Waals surface area contributed by atoms with E-state index >= 15 is 0 Å². The van der Waals surface area contributed by atoms with Crippen LogP contribution in [0.3, 0.4) is 0 Å². The zero-order valence-corrected chi connectivity index (χ0v) is 12.8. The Labute approximate surface area is 132 Å². The molecule has 7 heteroatoms. The Morgan fingerprint density at radius 3 is 2.50 bits per heavy atom. The Bertz CT molecular complexity index is 719. The van der Waals surface area contributed by atoms with Gasteiger partial charge in [-0.15, -0.1) is 0 Å². The molecule has 1 heterocycles. The first-order chi connectivity index (χ1) is 10.5. The standard InChI is InChI=1S/C15H14ClN3O3/c1-17-14(20)9-3-4-11(12(7-9)22-2)19-15(21)10-5-6-18-13(16)8-10/h3-8H,1-2H3,(H,17,20)(H,19,21). The number of benzene rings is 1. The molecule has 2 rings (SSSR count). The summed E-state index contributed by atoms with van der Waals surface area (Å²) in [5.74, 6) is -0.206. The smallest absolute Gasteiger partial charge is 0.255 e. The van der Waals surface area contributed by atoms with Crippen molar-refractivity contribution in [1.29, 1.82) is 0 Å². The van der Waals surface area contributed by atoms with E-state index in [0.717, 1.165) is 0 Å². The van der Waals surface area contributed by atoms with Crippen molar-refractivity contribution in [2.45, 2.75) is 0 Å². The number of ether oxygens (including phenoxy) is 1. The van der Waals surface area contributed by atoms with E-state index in [2.05, 4.69) is 15.6 Å². The third-order valence-electron chi connectivity index (χ3n) is 2.93. The van der Waals surface area contributed by atoms with Crippen molar-refractivity contribution in [2.24, 2.45) is 0 Å². The van der Waals surface area contributed by atoms with E-state index in [4.69, 9.17) is 16.3 Å². The number of methoxy groups -OCH3 is 1. The van der Waals surface area contributed by atoms with Crippen LogP contribution in [0.2, 0.25) is 5.15 Å². The first kappa shape index (κ1) is 15.8. The molecule has 2 amide bonds. The van der Waals surface area contributed by atoms with Gasteiger partial charge in [-0.25, -0.2) is 4.98 Å². The maximum absolute atomic E-state index is 12.2. The summed E-state index contributed by atoms with van der Waals surface area (Å²) in [4.78, 5) is 27.6. The Kier molecular flexibility index (Phi) is 4.95. The molecule has 114 valence electrons. The number of aromatic nitrogens is 1. The van der Waals surface area contributed by atoms with Gasteiger partial charge in [-0.05, 0) is 30.3 Å². The molecule has 6 nitrogen and oxygen atoms in total. The van der Waals surface area contributed by atoms with E-state index in [0.29, 0.717) is 22.6 Å². The molecule has 0 fully saturated rings. The molecule has 0 aliphatic heterocycles. The van der Waals surface area contributed by atoms with E-state index in [1.54, 1.807) is 24.3 Å². The molecule has 0 saturated carbocycles. The number of carbonyl (C=O) groups excluding carboxylic acids is 2. The van der Waals surface area contributed by atoms with Crippen molar-refractivity contribution in [3.63, 3.8) is 0 Å². The summed E-state index contributed by atoms with van der Waals surface area (Å²) < 4.78 is 5.21. The molecule has 0 aliphatic rings. The number of hydrogen-bond acceptors (Lipinski definition) is 4. The third-order valence-corrected chi connectivity index (χ3v) is 3.13. The van der Waals surface area contributed by atoms with Crippen molar-refractivity contribution in [3.8, 4) is 5.75 Å². The highest BCUT2D eigenvalue weighted by molar-refractivity contribution is 6.29. The summed E-state index contributed by atoms with van der Waals surface area (Å²) in [6, 6.07) is 7.75. The molecule has 0 saturated heterocycles. The second-order valence-corrected chi connectivity index (χ2v) is 4.70. The fourth-order valence-corrected chi connectivity index (χ4v) is 1.99. The molecule has 2 aromatic rings. The number of carbonyl (C=O) groups is 2. The second-order valence-electron chi connectivity index (χ2n) is 4.32. The van der Waals surface area contributed by atoms with Gasteiger partial charge in [0.25, 0.3) is 11.8 Å². The summed E-state index contributed by atoms with van der Waals surface area (Å²) in [6.07, 6.45) is 1.45. The van der Waals surface area contributed by atoms with Crippen molar-refractivity contribution < 1.29 is 14.3 Å². The quantitative estimate of drug-likeness (QED) is 0.848. The van der Waals surface area contributed by atoms with Gasteiger partial charge in [0.2, 0.25) is 0 Å². The van der Waals surface area contributed by atoms with Gasteiger partial charge in [0.15, 0.2) is 0 Å². The van der Waals surface area contributed by atoms with Gasteiger partial charge in [-0.1, -0.05) is 11.6 Å². The van der Waals surface area contributed by atoms with Gasteiger partial charge < -0.3 is 15.4 Å². The van der Waals surface area contributed by atoms with Crippen molar-refractivity contribution >= 4 is 29.1 Å². The highest BCUT2D eigenvalue weighted by Crippen LogP contribution is 2.26. The maximum Gasteiger partial charge on any atom is 0.255 e. The zero-order valence-electron chi connectivity index (χ0n) is 12.0. The normalized spacial score (nSPS) is 9.95. The summed E-state index contributed by atoms with van der Waals surface area (Å²) in [7, 11) is 3.00. The molecule has 0 radical (unpaired) electrons. The number of pyridine rings is 1. The minimum Gasteiger partial charge on any atom is -0.495 e. The van der Waals surface area contributed by atoms with Gasteiger partial charge in [0.1, 0.15) is 10.9 Å². The highest BCUT2D eigenvalue weighted by Gasteiger charge is 2.13. The maximum atomic E-state index is 12.2. The number of rotatable bonds is 4. The van der Waals surface area contributed by atoms with Crippen LogP contribution in [0.4, 0.5) is 5.69 Å². The first-order valence-corrected chi connectivity index (χ1v) is 6.76. The van der Waals surface area contributed by atoms with E-state index in [-0.39, 0.29) is 17.0 Å². The predicted octanol–water partition coefficient (Wildman–Crippen LogP) is 2.36. The van der Waals surface area contributed by atoms with Crippen LogP contribution in [0.15, 0.2) is 36.5 Å². The van der Waals surface area contributed by atoms with E-state index in [9.17, 15) is 9.59 Å². The Balaban J connectivity index is 2.25. The molecule has 1 aromatic carbocycles. The zero-order chi connectivity index (χ0) is 16.1. The Morgan fingerprint density at radius 1 is 1.14 bits per heavy atom. The van der Waals surface area contributed by atoms with Crippen LogP contribution in [-0.4, -0.2) is 31.0 Å². The fourth-order valence-electron chi connectivity index (χ4n) is 1.82. The molecule has 2 N–H and O–H groups in total. The van der Waals surface area contributed by atoms with E-state index < -0.39 is 0 Å². The van der Waals surface area contributed by atoms with Crippen LogP contribution in [0.1, 0.15) is 20.7 Å². The summed E-state index contributed by atoms with van der Waals surface area (Å²) in [5.41, 5.74) is 1.26. The highest BCUT2D eigenvalue weighted by atomic mass is 35.5. The minimum atomic E-state index is -0.352. The lowest BCUT2D eigenvalue weighted by Crippen LogP contribution is -2.18. The van der Waals surface area contributed by atoms with Crippen molar-refractivity contribution in [2.75, 3.05) is 19.5 Å². The van der Waals surface area contributed by atoms with Crippen LogP contribution in [-0.2, 0) is 0 Å². The number of anilines is 1. The Morgan fingerprint density at radius 2 is 1.86 bits per heavy atom. The molecule has 0 aliphatic carbocycles. The summed E-state index contributed by atoms with van der Waals surface area (Å²) >= 11 is 5.76. The monoisotopic (exact) mass is 319 g/mol.